The molecule has 0 amide bonds. The molecule has 1 aliphatic heterocycles. The van der Waals surface area contributed by atoms with Crippen LogP contribution in [0, 0.1) is 0 Å². The molecule has 1 atom stereocenters. The maximum Gasteiger partial charge on any atom is 0.163 e. The van der Waals surface area contributed by atoms with E-state index < -0.39 is 0 Å². The molecule has 0 saturated carbocycles. The molecule has 102 valence electrons. The van der Waals surface area contributed by atoms with Crippen LogP contribution in [0.3, 0.4) is 0 Å². The van der Waals surface area contributed by atoms with Gasteiger partial charge in [0.1, 0.15) is 5.75 Å². The van der Waals surface area contributed by atoms with Gasteiger partial charge in [-0.2, -0.15) is 0 Å². The second-order valence-corrected chi connectivity index (χ2v) is 5.44. The average Bonchev–Trinajstić information content (AvgIpc) is 2.48. The number of carbonyl (C=O) groups is 1. The number of rotatable bonds is 3. The van der Waals surface area contributed by atoms with Crippen molar-refractivity contribution < 1.29 is 9.53 Å². The van der Waals surface area contributed by atoms with E-state index in [0.29, 0.717) is 18.1 Å². The number of hydrogen-bond donors (Lipinski definition) is 0. The highest BCUT2D eigenvalue weighted by molar-refractivity contribution is 6.30. The molecular weight excluding hydrogens is 272 g/mol. The minimum absolute atomic E-state index is 0.156. The first kappa shape index (κ1) is 13.2. The van der Waals surface area contributed by atoms with E-state index in [1.165, 1.54) is 0 Å². The second-order valence-electron chi connectivity index (χ2n) is 5.01. The largest absolute Gasteiger partial charge is 0.493 e. The van der Waals surface area contributed by atoms with Gasteiger partial charge in [0.15, 0.2) is 5.78 Å². The summed E-state index contributed by atoms with van der Waals surface area (Å²) in [5.41, 5.74) is 1.86. The van der Waals surface area contributed by atoms with Crippen molar-refractivity contribution in [3.63, 3.8) is 0 Å². The van der Waals surface area contributed by atoms with E-state index in [2.05, 4.69) is 0 Å². The van der Waals surface area contributed by atoms with Gasteiger partial charge in [-0.25, -0.2) is 0 Å². The van der Waals surface area contributed by atoms with Crippen LogP contribution in [0.25, 0.3) is 0 Å². The molecule has 3 heteroatoms. The van der Waals surface area contributed by atoms with Crippen LogP contribution in [0.1, 0.15) is 34.7 Å². The molecule has 0 aromatic heterocycles. The summed E-state index contributed by atoms with van der Waals surface area (Å²) in [4.78, 5) is 12.4. The minimum Gasteiger partial charge on any atom is -0.493 e. The maximum absolute atomic E-state index is 12.4. The average molecular weight is 287 g/mol. The Morgan fingerprint density at radius 2 is 1.90 bits per heavy atom. The van der Waals surface area contributed by atoms with Gasteiger partial charge in [0, 0.05) is 17.0 Å². The van der Waals surface area contributed by atoms with Gasteiger partial charge >= 0.3 is 0 Å². The topological polar surface area (TPSA) is 26.3 Å². The van der Waals surface area contributed by atoms with Crippen molar-refractivity contribution in [2.24, 2.45) is 0 Å². The zero-order valence-electron chi connectivity index (χ0n) is 11.0. The van der Waals surface area contributed by atoms with Gasteiger partial charge in [-0.15, -0.1) is 0 Å². The van der Waals surface area contributed by atoms with E-state index in [4.69, 9.17) is 16.3 Å². The van der Waals surface area contributed by atoms with Crippen LogP contribution in [0.15, 0.2) is 48.5 Å². The van der Waals surface area contributed by atoms with Crippen LogP contribution >= 0.6 is 11.6 Å². The molecule has 0 N–H and O–H groups in total. The van der Waals surface area contributed by atoms with Crippen LogP contribution in [0.4, 0.5) is 0 Å². The first-order valence-corrected chi connectivity index (χ1v) is 7.12. The summed E-state index contributed by atoms with van der Waals surface area (Å²) in [6.45, 7) is 0.676. The number of fused-ring (bicyclic) bond motifs is 1. The van der Waals surface area contributed by atoms with Gasteiger partial charge in [-0.05, 0) is 48.2 Å². The lowest BCUT2D eigenvalue weighted by Gasteiger charge is -2.25. The number of benzene rings is 2. The summed E-state index contributed by atoms with van der Waals surface area (Å²) in [5, 5.41) is 0.651. The summed E-state index contributed by atoms with van der Waals surface area (Å²) in [6, 6.07) is 15.1. The fourth-order valence-electron chi connectivity index (χ4n) is 2.61. The van der Waals surface area contributed by atoms with Gasteiger partial charge in [0.2, 0.25) is 0 Å². The standard InChI is InChI=1S/C17H15ClO2/c18-14-7-5-12(6-8-14)16(19)11-13-9-10-20-17-4-2-1-3-15(13)17/h1-8,13H,9-11H2. The number of ether oxygens (including phenoxy) is 1. The van der Waals surface area contributed by atoms with Gasteiger partial charge in [0.05, 0.1) is 6.61 Å². The molecule has 3 rings (SSSR count). The SMILES string of the molecule is O=C(CC1CCOc2ccccc21)c1ccc(Cl)cc1. The van der Waals surface area contributed by atoms with E-state index >= 15 is 0 Å². The summed E-state index contributed by atoms with van der Waals surface area (Å²) in [5.74, 6) is 1.30. The van der Waals surface area contributed by atoms with Crippen molar-refractivity contribution in [3.8, 4) is 5.75 Å². The predicted molar refractivity (Wildman–Crippen MR) is 79.7 cm³/mol. The molecule has 2 aromatic rings. The molecule has 0 bridgehead atoms. The van der Waals surface area contributed by atoms with Crippen LogP contribution in [0.2, 0.25) is 5.02 Å². The molecule has 0 radical (unpaired) electrons. The molecule has 0 spiro atoms. The molecule has 1 aliphatic rings. The Kier molecular flexibility index (Phi) is 3.75. The molecule has 0 saturated heterocycles. The molecular formula is C17H15ClO2. The van der Waals surface area contributed by atoms with Crippen LogP contribution in [-0.2, 0) is 0 Å². The summed E-state index contributed by atoms with van der Waals surface area (Å²) in [6.07, 6.45) is 1.40. The molecule has 2 aromatic carbocycles. The third kappa shape index (κ3) is 2.70. The van der Waals surface area contributed by atoms with Crippen molar-refractivity contribution in [3.05, 3.63) is 64.7 Å². The Labute approximate surface area is 123 Å². The molecule has 20 heavy (non-hydrogen) atoms. The minimum atomic E-state index is 0.156. The van der Waals surface area contributed by atoms with Gasteiger partial charge < -0.3 is 4.74 Å². The lowest BCUT2D eigenvalue weighted by molar-refractivity contribution is 0.0966. The zero-order valence-corrected chi connectivity index (χ0v) is 11.8. The highest BCUT2D eigenvalue weighted by Crippen LogP contribution is 2.36. The van der Waals surface area contributed by atoms with Crippen LogP contribution in [-0.4, -0.2) is 12.4 Å². The van der Waals surface area contributed by atoms with Crippen LogP contribution in [0.5, 0.6) is 5.75 Å². The number of ketones is 1. The third-order valence-electron chi connectivity index (χ3n) is 3.68. The summed E-state index contributed by atoms with van der Waals surface area (Å²) >= 11 is 5.85. The Balaban J connectivity index is 1.79. The Hall–Kier alpha value is -1.80. The van der Waals surface area contributed by atoms with E-state index in [1.54, 1.807) is 24.3 Å². The van der Waals surface area contributed by atoms with Crippen molar-refractivity contribution in [2.75, 3.05) is 6.61 Å². The number of para-hydroxylation sites is 1. The predicted octanol–water partition coefficient (Wildman–Crippen LogP) is 4.48. The first-order valence-electron chi connectivity index (χ1n) is 6.74. The van der Waals surface area contributed by atoms with Crippen molar-refractivity contribution in [1.29, 1.82) is 0 Å². The number of hydrogen-bond acceptors (Lipinski definition) is 2. The highest BCUT2D eigenvalue weighted by Gasteiger charge is 2.23. The van der Waals surface area contributed by atoms with E-state index in [1.807, 2.05) is 24.3 Å². The lowest BCUT2D eigenvalue weighted by atomic mass is 9.87. The highest BCUT2D eigenvalue weighted by atomic mass is 35.5. The lowest BCUT2D eigenvalue weighted by Crippen LogP contribution is -2.17. The third-order valence-corrected chi connectivity index (χ3v) is 3.93. The Bertz CT molecular complexity index is 619. The Morgan fingerprint density at radius 1 is 1.15 bits per heavy atom. The van der Waals surface area contributed by atoms with Gasteiger partial charge in [-0.1, -0.05) is 29.8 Å². The summed E-state index contributed by atoms with van der Waals surface area (Å²) in [7, 11) is 0. The van der Waals surface area contributed by atoms with Crippen molar-refractivity contribution in [2.45, 2.75) is 18.8 Å². The smallest absolute Gasteiger partial charge is 0.163 e. The summed E-state index contributed by atoms with van der Waals surface area (Å²) < 4.78 is 5.63. The van der Waals surface area contributed by atoms with Gasteiger partial charge in [-0.3, -0.25) is 4.79 Å². The second kappa shape index (κ2) is 5.68. The number of halogens is 1. The fraction of sp³-hybridized carbons (Fsp3) is 0.235. The normalized spacial score (nSPS) is 17.1. The number of carbonyl (C=O) groups excluding carboxylic acids is 1. The van der Waals surface area contributed by atoms with E-state index in [9.17, 15) is 4.79 Å². The molecule has 0 fully saturated rings. The van der Waals surface area contributed by atoms with E-state index in [-0.39, 0.29) is 11.7 Å². The fourth-order valence-corrected chi connectivity index (χ4v) is 2.73. The molecule has 0 aliphatic carbocycles. The van der Waals surface area contributed by atoms with Gasteiger partial charge in [0.25, 0.3) is 0 Å². The zero-order chi connectivity index (χ0) is 13.9. The number of Topliss-reactive ketones (excluding diaryl/α,β-unsaturated/α-hetero) is 1. The van der Waals surface area contributed by atoms with Crippen molar-refractivity contribution in [1.82, 2.24) is 0 Å². The quantitative estimate of drug-likeness (QED) is 0.778. The molecule has 1 unspecified atom stereocenters. The van der Waals surface area contributed by atoms with Crippen molar-refractivity contribution >= 4 is 17.4 Å². The monoisotopic (exact) mass is 286 g/mol. The first-order chi connectivity index (χ1) is 9.74. The molecule has 2 nitrogen and oxygen atoms in total. The maximum atomic E-state index is 12.4. The van der Waals surface area contributed by atoms with Crippen LogP contribution < -0.4 is 4.74 Å². The van der Waals surface area contributed by atoms with E-state index in [0.717, 1.165) is 23.3 Å². The Morgan fingerprint density at radius 3 is 2.70 bits per heavy atom. The molecule has 1 heterocycles.